The molecule has 2 rings (SSSR count). The first-order valence-corrected chi connectivity index (χ1v) is 6.49. The van der Waals surface area contributed by atoms with Gasteiger partial charge in [-0.05, 0) is 13.8 Å². The number of anilines is 2. The van der Waals surface area contributed by atoms with E-state index in [4.69, 9.17) is 4.74 Å². The molecule has 8 nitrogen and oxygen atoms in total. The SMILES string of the molecule is CCOCC(C)Nc1nc(NC)nc(-n2ccnc2)n1. The minimum absolute atomic E-state index is 0.109. The van der Waals surface area contributed by atoms with Gasteiger partial charge in [-0.3, -0.25) is 4.57 Å². The first-order chi connectivity index (χ1) is 9.72. The zero-order valence-electron chi connectivity index (χ0n) is 11.9. The summed E-state index contributed by atoms with van der Waals surface area (Å²) >= 11 is 0. The van der Waals surface area contributed by atoms with E-state index in [0.29, 0.717) is 31.1 Å². The minimum Gasteiger partial charge on any atom is -0.380 e. The van der Waals surface area contributed by atoms with Crippen LogP contribution in [0.5, 0.6) is 0 Å². The van der Waals surface area contributed by atoms with Crippen molar-refractivity contribution in [3.05, 3.63) is 18.7 Å². The highest BCUT2D eigenvalue weighted by Gasteiger charge is 2.09. The number of rotatable bonds is 7. The monoisotopic (exact) mass is 277 g/mol. The van der Waals surface area contributed by atoms with Crippen molar-refractivity contribution >= 4 is 11.9 Å². The van der Waals surface area contributed by atoms with Gasteiger partial charge < -0.3 is 15.4 Å². The molecule has 2 aromatic heterocycles. The molecule has 2 N–H and O–H groups in total. The number of ether oxygens (including phenoxy) is 1. The molecule has 2 aromatic rings. The molecule has 0 aliphatic heterocycles. The van der Waals surface area contributed by atoms with E-state index < -0.39 is 0 Å². The molecule has 0 aliphatic rings. The second-order valence-electron chi connectivity index (χ2n) is 4.21. The van der Waals surface area contributed by atoms with Crippen LogP contribution in [0.1, 0.15) is 13.8 Å². The van der Waals surface area contributed by atoms with Crippen molar-refractivity contribution < 1.29 is 4.74 Å². The van der Waals surface area contributed by atoms with E-state index >= 15 is 0 Å². The normalized spacial score (nSPS) is 12.2. The zero-order valence-corrected chi connectivity index (χ0v) is 11.9. The van der Waals surface area contributed by atoms with Gasteiger partial charge in [-0.25, -0.2) is 4.98 Å². The number of aromatic nitrogens is 5. The highest BCUT2D eigenvalue weighted by molar-refractivity contribution is 5.38. The third-order valence-electron chi connectivity index (χ3n) is 2.53. The zero-order chi connectivity index (χ0) is 14.4. The Balaban J connectivity index is 2.18. The summed E-state index contributed by atoms with van der Waals surface area (Å²) < 4.78 is 7.09. The average Bonchev–Trinajstić information content (AvgIpc) is 2.99. The average molecular weight is 277 g/mol. The fourth-order valence-corrected chi connectivity index (χ4v) is 1.59. The van der Waals surface area contributed by atoms with Crippen LogP contribution in [0.2, 0.25) is 0 Å². The molecule has 1 unspecified atom stereocenters. The molecule has 0 bridgehead atoms. The minimum atomic E-state index is 0.109. The van der Waals surface area contributed by atoms with Gasteiger partial charge in [0, 0.05) is 32.1 Å². The topological polar surface area (TPSA) is 89.8 Å². The largest absolute Gasteiger partial charge is 0.380 e. The van der Waals surface area contributed by atoms with Gasteiger partial charge in [-0.2, -0.15) is 15.0 Å². The molecule has 0 aromatic carbocycles. The van der Waals surface area contributed by atoms with Crippen LogP contribution >= 0.6 is 0 Å². The van der Waals surface area contributed by atoms with Crippen molar-refractivity contribution in [2.45, 2.75) is 19.9 Å². The van der Waals surface area contributed by atoms with E-state index in [2.05, 4.69) is 30.6 Å². The van der Waals surface area contributed by atoms with Gasteiger partial charge >= 0.3 is 0 Å². The molecule has 0 fully saturated rings. The fraction of sp³-hybridized carbons (Fsp3) is 0.500. The summed E-state index contributed by atoms with van der Waals surface area (Å²) in [5, 5.41) is 6.11. The van der Waals surface area contributed by atoms with Crippen LogP contribution in [0, 0.1) is 0 Å². The first-order valence-electron chi connectivity index (χ1n) is 6.49. The molecule has 0 amide bonds. The molecule has 20 heavy (non-hydrogen) atoms. The third kappa shape index (κ3) is 3.64. The molecule has 0 radical (unpaired) electrons. The number of imidazole rings is 1. The second kappa shape index (κ2) is 6.80. The van der Waals surface area contributed by atoms with Crippen LogP contribution in [0.3, 0.4) is 0 Å². The highest BCUT2D eigenvalue weighted by Crippen LogP contribution is 2.09. The molecule has 0 saturated carbocycles. The van der Waals surface area contributed by atoms with Gasteiger partial charge in [-0.1, -0.05) is 0 Å². The number of nitrogens with one attached hydrogen (secondary N) is 2. The van der Waals surface area contributed by atoms with E-state index in [-0.39, 0.29) is 6.04 Å². The summed E-state index contributed by atoms with van der Waals surface area (Å²) in [5.74, 6) is 1.50. The quantitative estimate of drug-likeness (QED) is 0.778. The molecular formula is C12H19N7O. The second-order valence-corrected chi connectivity index (χ2v) is 4.21. The van der Waals surface area contributed by atoms with Gasteiger partial charge in [0.25, 0.3) is 0 Å². The predicted molar refractivity (Wildman–Crippen MR) is 76.1 cm³/mol. The number of nitrogens with zero attached hydrogens (tertiary/aromatic N) is 5. The fourth-order valence-electron chi connectivity index (χ4n) is 1.59. The van der Waals surface area contributed by atoms with Crippen molar-refractivity contribution in [2.24, 2.45) is 0 Å². The maximum absolute atomic E-state index is 5.36. The third-order valence-corrected chi connectivity index (χ3v) is 2.53. The van der Waals surface area contributed by atoms with Gasteiger partial charge in [0.05, 0.1) is 6.61 Å². The maximum atomic E-state index is 5.36. The van der Waals surface area contributed by atoms with Crippen molar-refractivity contribution in [1.82, 2.24) is 24.5 Å². The Hall–Kier alpha value is -2.22. The Kier molecular flexibility index (Phi) is 4.83. The molecule has 0 aliphatic carbocycles. The number of hydrogen-bond donors (Lipinski definition) is 2. The van der Waals surface area contributed by atoms with Gasteiger partial charge in [0.15, 0.2) is 0 Å². The Labute approximate surface area is 117 Å². The van der Waals surface area contributed by atoms with E-state index in [9.17, 15) is 0 Å². The molecule has 1 atom stereocenters. The van der Waals surface area contributed by atoms with E-state index in [1.165, 1.54) is 0 Å². The van der Waals surface area contributed by atoms with E-state index in [1.54, 1.807) is 30.3 Å². The lowest BCUT2D eigenvalue weighted by atomic mass is 10.4. The summed E-state index contributed by atoms with van der Waals surface area (Å²) in [6.45, 7) is 5.25. The summed E-state index contributed by atoms with van der Waals surface area (Å²) in [5.41, 5.74) is 0. The van der Waals surface area contributed by atoms with Crippen molar-refractivity contribution in [2.75, 3.05) is 30.9 Å². The molecule has 8 heteroatoms. The maximum Gasteiger partial charge on any atom is 0.241 e. The molecule has 108 valence electrons. The highest BCUT2D eigenvalue weighted by atomic mass is 16.5. The standard InChI is InChI=1S/C12H19N7O/c1-4-20-7-9(2)15-11-16-10(13-3)17-12(18-11)19-6-5-14-8-19/h5-6,8-9H,4,7H2,1-3H3,(H2,13,15,16,17,18). The molecule has 0 saturated heterocycles. The summed E-state index contributed by atoms with van der Waals surface area (Å²) in [6.07, 6.45) is 5.10. The van der Waals surface area contributed by atoms with Crippen LogP contribution in [-0.2, 0) is 4.74 Å². The van der Waals surface area contributed by atoms with Crippen molar-refractivity contribution in [3.63, 3.8) is 0 Å². The number of hydrogen-bond acceptors (Lipinski definition) is 7. The lowest BCUT2D eigenvalue weighted by molar-refractivity contribution is 0.141. The molecule has 0 spiro atoms. The van der Waals surface area contributed by atoms with E-state index in [1.807, 2.05) is 13.8 Å². The Morgan fingerprint density at radius 1 is 1.30 bits per heavy atom. The Morgan fingerprint density at radius 3 is 2.75 bits per heavy atom. The van der Waals surface area contributed by atoms with Crippen molar-refractivity contribution in [3.8, 4) is 5.95 Å². The summed E-state index contributed by atoms with van der Waals surface area (Å²) in [4.78, 5) is 16.9. The molecule has 2 heterocycles. The Bertz CT molecular complexity index is 529. The summed E-state index contributed by atoms with van der Waals surface area (Å²) in [6, 6.07) is 0.109. The van der Waals surface area contributed by atoms with Gasteiger partial charge in [-0.15, -0.1) is 0 Å². The van der Waals surface area contributed by atoms with Crippen LogP contribution in [-0.4, -0.2) is 50.8 Å². The van der Waals surface area contributed by atoms with Gasteiger partial charge in [0.2, 0.25) is 17.8 Å². The lowest BCUT2D eigenvalue weighted by Gasteiger charge is -2.14. The van der Waals surface area contributed by atoms with Gasteiger partial charge in [0.1, 0.15) is 6.33 Å². The predicted octanol–water partition coefficient (Wildman–Crippen LogP) is 0.936. The van der Waals surface area contributed by atoms with E-state index in [0.717, 1.165) is 0 Å². The van der Waals surface area contributed by atoms with Crippen LogP contribution < -0.4 is 10.6 Å². The first kappa shape index (κ1) is 14.2. The van der Waals surface area contributed by atoms with Crippen LogP contribution in [0.4, 0.5) is 11.9 Å². The van der Waals surface area contributed by atoms with Crippen LogP contribution in [0.15, 0.2) is 18.7 Å². The van der Waals surface area contributed by atoms with Crippen molar-refractivity contribution in [1.29, 1.82) is 0 Å². The smallest absolute Gasteiger partial charge is 0.241 e. The molecular weight excluding hydrogens is 258 g/mol. The lowest BCUT2D eigenvalue weighted by Crippen LogP contribution is -2.24. The summed E-state index contributed by atoms with van der Waals surface area (Å²) in [7, 11) is 1.76. The van der Waals surface area contributed by atoms with Crippen LogP contribution in [0.25, 0.3) is 5.95 Å². The Morgan fingerprint density at radius 2 is 2.10 bits per heavy atom.